The minimum Gasteiger partial charge on any atom is -0.303 e. The Kier molecular flexibility index (Phi) is 9.57. The molecular weight excluding hydrogens is 148 g/mol. The molecule has 68 valence electrons. The molecule has 0 saturated heterocycles. The van der Waals surface area contributed by atoms with Gasteiger partial charge < -0.3 is 4.79 Å². The zero-order valence-corrected chi connectivity index (χ0v) is 7.72. The van der Waals surface area contributed by atoms with Crippen LogP contribution in [0.3, 0.4) is 0 Å². The van der Waals surface area contributed by atoms with Crippen LogP contribution in [0.4, 0.5) is 0 Å². The topological polar surface area (TPSA) is 17.1 Å². The van der Waals surface area contributed by atoms with Gasteiger partial charge in [0.25, 0.3) is 0 Å². The highest BCUT2D eigenvalue weighted by molar-refractivity contribution is 5.48. The van der Waals surface area contributed by atoms with E-state index in [0.29, 0.717) is 0 Å². The Hall–Kier alpha value is -0.770. The van der Waals surface area contributed by atoms with Crippen LogP contribution in [0, 0.1) is 12.3 Å². The predicted molar refractivity (Wildman–Crippen MR) is 51.8 cm³/mol. The van der Waals surface area contributed by atoms with E-state index < -0.39 is 0 Å². The van der Waals surface area contributed by atoms with E-state index in [1.54, 1.807) is 0 Å². The van der Waals surface area contributed by atoms with Crippen molar-refractivity contribution in [1.82, 2.24) is 0 Å². The Balaban J connectivity index is 2.82. The Morgan fingerprint density at radius 3 is 2.17 bits per heavy atom. The molecular formula is C11H18O. The third-order valence-corrected chi connectivity index (χ3v) is 1.89. The van der Waals surface area contributed by atoms with Gasteiger partial charge in [0.1, 0.15) is 6.29 Å². The molecule has 0 spiro atoms. The van der Waals surface area contributed by atoms with Crippen LogP contribution in [0.1, 0.15) is 51.4 Å². The van der Waals surface area contributed by atoms with Crippen molar-refractivity contribution in [3.8, 4) is 12.3 Å². The van der Waals surface area contributed by atoms with Crippen LogP contribution in [0.2, 0.25) is 0 Å². The summed E-state index contributed by atoms with van der Waals surface area (Å²) in [6.07, 6.45) is 14.9. The van der Waals surface area contributed by atoms with E-state index >= 15 is 0 Å². The van der Waals surface area contributed by atoms with E-state index in [0.717, 1.165) is 32.0 Å². The largest absolute Gasteiger partial charge is 0.303 e. The molecule has 0 radical (unpaired) electrons. The fourth-order valence-electron chi connectivity index (χ4n) is 1.16. The fourth-order valence-corrected chi connectivity index (χ4v) is 1.16. The zero-order valence-electron chi connectivity index (χ0n) is 7.72. The molecule has 1 heteroatoms. The molecule has 0 aromatic heterocycles. The first-order valence-corrected chi connectivity index (χ1v) is 4.79. The SMILES string of the molecule is C#CCCCCCCCCC=O. The third-order valence-electron chi connectivity index (χ3n) is 1.89. The highest BCUT2D eigenvalue weighted by atomic mass is 16.1. The van der Waals surface area contributed by atoms with E-state index in [-0.39, 0.29) is 0 Å². The van der Waals surface area contributed by atoms with Gasteiger partial charge >= 0.3 is 0 Å². The van der Waals surface area contributed by atoms with Gasteiger partial charge in [-0.2, -0.15) is 0 Å². The van der Waals surface area contributed by atoms with Gasteiger partial charge in [-0.05, 0) is 12.8 Å². The number of carbonyl (C=O) groups excluding carboxylic acids is 1. The third kappa shape index (κ3) is 9.23. The van der Waals surface area contributed by atoms with Crippen molar-refractivity contribution in [2.24, 2.45) is 0 Å². The molecule has 0 aromatic rings. The summed E-state index contributed by atoms with van der Waals surface area (Å²) in [4.78, 5) is 9.96. The second-order valence-electron chi connectivity index (χ2n) is 3.03. The first-order valence-electron chi connectivity index (χ1n) is 4.79. The van der Waals surface area contributed by atoms with Gasteiger partial charge in [-0.3, -0.25) is 0 Å². The summed E-state index contributed by atoms with van der Waals surface area (Å²) in [6.45, 7) is 0. The van der Waals surface area contributed by atoms with Gasteiger partial charge in [-0.25, -0.2) is 0 Å². The van der Waals surface area contributed by atoms with E-state index in [1.807, 2.05) is 0 Å². The lowest BCUT2D eigenvalue weighted by Crippen LogP contribution is -1.80. The predicted octanol–water partition coefficient (Wildman–Crippen LogP) is 2.94. The minimum absolute atomic E-state index is 0.727. The summed E-state index contributed by atoms with van der Waals surface area (Å²) < 4.78 is 0. The number of unbranched alkanes of at least 4 members (excludes halogenated alkanes) is 7. The average molecular weight is 166 g/mol. The maximum atomic E-state index is 9.96. The molecule has 0 saturated carbocycles. The molecule has 0 aliphatic rings. The fraction of sp³-hybridized carbons (Fsp3) is 0.727. The van der Waals surface area contributed by atoms with Crippen LogP contribution in [-0.2, 0) is 4.79 Å². The van der Waals surface area contributed by atoms with Crippen molar-refractivity contribution in [3.63, 3.8) is 0 Å². The molecule has 0 amide bonds. The second kappa shape index (κ2) is 10.2. The molecule has 0 atom stereocenters. The van der Waals surface area contributed by atoms with Crippen LogP contribution in [-0.4, -0.2) is 6.29 Å². The molecule has 0 rings (SSSR count). The standard InChI is InChI=1S/C11H18O/c1-2-3-4-5-6-7-8-9-10-11-12/h1,11H,3-10H2. The number of rotatable bonds is 8. The molecule has 0 aliphatic heterocycles. The van der Waals surface area contributed by atoms with E-state index in [9.17, 15) is 4.79 Å². The van der Waals surface area contributed by atoms with Crippen LogP contribution in [0.15, 0.2) is 0 Å². The molecule has 0 aliphatic carbocycles. The first-order chi connectivity index (χ1) is 5.91. The van der Waals surface area contributed by atoms with E-state index in [4.69, 9.17) is 6.42 Å². The summed E-state index contributed by atoms with van der Waals surface area (Å²) in [6, 6.07) is 0. The number of hydrogen-bond acceptors (Lipinski definition) is 1. The second-order valence-corrected chi connectivity index (χ2v) is 3.03. The Morgan fingerprint density at radius 2 is 1.58 bits per heavy atom. The van der Waals surface area contributed by atoms with Crippen molar-refractivity contribution < 1.29 is 4.79 Å². The average Bonchev–Trinajstić information content (AvgIpc) is 2.10. The van der Waals surface area contributed by atoms with Crippen molar-refractivity contribution in [3.05, 3.63) is 0 Å². The van der Waals surface area contributed by atoms with Crippen LogP contribution in [0.25, 0.3) is 0 Å². The number of terminal acetylenes is 1. The van der Waals surface area contributed by atoms with Crippen LogP contribution < -0.4 is 0 Å². The lowest BCUT2D eigenvalue weighted by Gasteiger charge is -1.97. The number of carbonyl (C=O) groups is 1. The molecule has 0 unspecified atom stereocenters. The number of hydrogen-bond donors (Lipinski definition) is 0. The molecule has 1 nitrogen and oxygen atoms in total. The zero-order chi connectivity index (χ0) is 9.07. The van der Waals surface area contributed by atoms with Gasteiger partial charge in [0.15, 0.2) is 0 Å². The maximum absolute atomic E-state index is 9.96. The summed E-state index contributed by atoms with van der Waals surface area (Å²) >= 11 is 0. The van der Waals surface area contributed by atoms with Crippen molar-refractivity contribution >= 4 is 6.29 Å². The smallest absolute Gasteiger partial charge is 0.119 e. The summed E-state index contributed by atoms with van der Waals surface area (Å²) in [5.41, 5.74) is 0. The monoisotopic (exact) mass is 166 g/mol. The molecule has 0 heterocycles. The highest BCUT2D eigenvalue weighted by Gasteiger charge is 1.89. The summed E-state index contributed by atoms with van der Waals surface area (Å²) in [7, 11) is 0. The van der Waals surface area contributed by atoms with Crippen molar-refractivity contribution in [2.45, 2.75) is 51.4 Å². The molecule has 0 N–H and O–H groups in total. The molecule has 0 bridgehead atoms. The van der Waals surface area contributed by atoms with E-state index in [2.05, 4.69) is 5.92 Å². The quantitative estimate of drug-likeness (QED) is 0.308. The van der Waals surface area contributed by atoms with Gasteiger partial charge in [0.2, 0.25) is 0 Å². The highest BCUT2D eigenvalue weighted by Crippen LogP contribution is 2.07. The Bertz CT molecular complexity index is 132. The normalized spacial score (nSPS) is 9.25. The maximum Gasteiger partial charge on any atom is 0.119 e. The van der Waals surface area contributed by atoms with Gasteiger partial charge in [-0.1, -0.05) is 25.7 Å². The first kappa shape index (κ1) is 11.2. The van der Waals surface area contributed by atoms with Gasteiger partial charge in [0, 0.05) is 12.8 Å². The van der Waals surface area contributed by atoms with Gasteiger partial charge in [-0.15, -0.1) is 12.3 Å². The summed E-state index contributed by atoms with van der Waals surface area (Å²) in [5.74, 6) is 2.63. The summed E-state index contributed by atoms with van der Waals surface area (Å²) in [5, 5.41) is 0. The van der Waals surface area contributed by atoms with Crippen LogP contribution in [0.5, 0.6) is 0 Å². The van der Waals surface area contributed by atoms with E-state index in [1.165, 1.54) is 25.7 Å². The molecule has 0 fully saturated rings. The van der Waals surface area contributed by atoms with Gasteiger partial charge in [0.05, 0.1) is 0 Å². The van der Waals surface area contributed by atoms with Crippen molar-refractivity contribution in [2.75, 3.05) is 0 Å². The Labute approximate surface area is 75.5 Å². The minimum atomic E-state index is 0.727. The van der Waals surface area contributed by atoms with Crippen LogP contribution >= 0.6 is 0 Å². The lowest BCUT2D eigenvalue weighted by atomic mass is 10.1. The lowest BCUT2D eigenvalue weighted by molar-refractivity contribution is -0.107. The molecule has 12 heavy (non-hydrogen) atoms. The molecule has 0 aromatic carbocycles. The van der Waals surface area contributed by atoms with Crippen molar-refractivity contribution in [1.29, 1.82) is 0 Å². The Morgan fingerprint density at radius 1 is 1.00 bits per heavy atom. The number of aldehydes is 1.